The highest BCUT2D eigenvalue weighted by Gasteiger charge is 2.24. The quantitative estimate of drug-likeness (QED) is 0.526. The van der Waals surface area contributed by atoms with Crippen LogP contribution in [0.3, 0.4) is 0 Å². The maximum Gasteiger partial charge on any atom is 0.253 e. The highest BCUT2D eigenvalue weighted by Crippen LogP contribution is 2.37. The number of carbonyl (C=O) groups is 1. The third-order valence-electron chi connectivity index (χ3n) is 5.62. The molecule has 0 radical (unpaired) electrons. The van der Waals surface area contributed by atoms with E-state index in [0.717, 1.165) is 40.1 Å². The van der Waals surface area contributed by atoms with Gasteiger partial charge in [0.05, 0.1) is 6.10 Å². The van der Waals surface area contributed by atoms with Crippen LogP contribution in [0, 0.1) is 0 Å². The number of halogens is 1. The lowest BCUT2D eigenvalue weighted by Gasteiger charge is -2.30. The summed E-state index contributed by atoms with van der Waals surface area (Å²) in [6, 6.07) is 11.8. The molecule has 4 rings (SSSR count). The molecule has 0 aliphatic carbocycles. The van der Waals surface area contributed by atoms with Gasteiger partial charge in [-0.05, 0) is 59.7 Å². The van der Waals surface area contributed by atoms with Crippen LogP contribution in [0.2, 0.25) is 5.02 Å². The molecule has 1 amide bonds. The van der Waals surface area contributed by atoms with E-state index in [-0.39, 0.29) is 11.3 Å². The molecular formula is C25H27ClN2O2S. The van der Waals surface area contributed by atoms with Crippen molar-refractivity contribution >= 4 is 28.8 Å². The standard InChI is InChI=1S/C25H27ClN2O2S/c1-25(2,3)23-13-16(8-9-27-23)22-12-18(15-31-22)20-7-6-17(11-21(20)26)24(30)28-10-4-5-19(29)14-28/h6-9,11-13,15,19,29H,4-5,10,14H2,1-3H3/t19-/m1/s1. The Morgan fingerprint density at radius 3 is 2.71 bits per heavy atom. The van der Waals surface area contributed by atoms with Gasteiger partial charge >= 0.3 is 0 Å². The highest BCUT2D eigenvalue weighted by molar-refractivity contribution is 7.14. The summed E-state index contributed by atoms with van der Waals surface area (Å²) in [5, 5.41) is 12.5. The summed E-state index contributed by atoms with van der Waals surface area (Å²) in [6.45, 7) is 7.53. The molecule has 1 atom stereocenters. The molecule has 1 aliphatic rings. The predicted molar refractivity (Wildman–Crippen MR) is 128 cm³/mol. The second-order valence-electron chi connectivity index (χ2n) is 9.12. The highest BCUT2D eigenvalue weighted by atomic mass is 35.5. The van der Waals surface area contributed by atoms with Crippen LogP contribution in [0.4, 0.5) is 0 Å². The Morgan fingerprint density at radius 2 is 2.00 bits per heavy atom. The molecule has 31 heavy (non-hydrogen) atoms. The van der Waals surface area contributed by atoms with Crippen molar-refractivity contribution in [3.8, 4) is 21.6 Å². The number of β-amino-alcohol motifs (C(OH)–C–C–N with tert-alkyl or cyclic N) is 1. The van der Waals surface area contributed by atoms with Crippen molar-refractivity contribution in [3.05, 3.63) is 64.3 Å². The van der Waals surface area contributed by atoms with Crippen molar-refractivity contribution in [1.82, 2.24) is 9.88 Å². The number of benzene rings is 1. The monoisotopic (exact) mass is 454 g/mol. The van der Waals surface area contributed by atoms with Gasteiger partial charge in [0.2, 0.25) is 0 Å². The van der Waals surface area contributed by atoms with E-state index in [0.29, 0.717) is 23.7 Å². The Kier molecular flexibility index (Phi) is 6.20. The Labute approximate surface area is 192 Å². The number of rotatable bonds is 3. The normalized spacial score (nSPS) is 17.1. The number of aliphatic hydroxyl groups excluding tert-OH is 1. The molecular weight excluding hydrogens is 428 g/mol. The summed E-state index contributed by atoms with van der Waals surface area (Å²) in [5.41, 5.74) is 4.69. The van der Waals surface area contributed by atoms with E-state index in [1.54, 1.807) is 22.3 Å². The first-order chi connectivity index (χ1) is 14.7. The number of aromatic nitrogens is 1. The van der Waals surface area contributed by atoms with E-state index >= 15 is 0 Å². The lowest BCUT2D eigenvalue weighted by atomic mass is 9.90. The molecule has 3 aromatic rings. The fourth-order valence-corrected chi connectivity index (χ4v) is 5.02. The lowest BCUT2D eigenvalue weighted by Crippen LogP contribution is -2.42. The molecule has 2 aromatic heterocycles. The third kappa shape index (κ3) is 4.84. The van der Waals surface area contributed by atoms with Gasteiger partial charge in [-0.1, -0.05) is 38.4 Å². The van der Waals surface area contributed by atoms with Gasteiger partial charge in [-0.25, -0.2) is 0 Å². The Morgan fingerprint density at radius 1 is 1.19 bits per heavy atom. The Bertz CT molecular complexity index is 1100. The number of piperidine rings is 1. The molecule has 0 spiro atoms. The van der Waals surface area contributed by atoms with Crippen LogP contribution in [0.15, 0.2) is 48.0 Å². The minimum Gasteiger partial charge on any atom is -0.391 e. The zero-order chi connectivity index (χ0) is 22.2. The summed E-state index contributed by atoms with van der Waals surface area (Å²) < 4.78 is 0. The zero-order valence-electron chi connectivity index (χ0n) is 18.1. The van der Waals surface area contributed by atoms with Gasteiger partial charge < -0.3 is 10.0 Å². The predicted octanol–water partition coefficient (Wildman–Crippen LogP) is 6.02. The molecule has 1 aliphatic heterocycles. The number of hydrogen-bond acceptors (Lipinski definition) is 4. The zero-order valence-corrected chi connectivity index (χ0v) is 19.6. The summed E-state index contributed by atoms with van der Waals surface area (Å²) in [5.74, 6) is -0.0790. The number of hydrogen-bond donors (Lipinski definition) is 1. The molecule has 1 aromatic carbocycles. The molecule has 0 unspecified atom stereocenters. The van der Waals surface area contributed by atoms with Crippen LogP contribution >= 0.6 is 22.9 Å². The van der Waals surface area contributed by atoms with Gasteiger partial charge in [0, 0.05) is 51.4 Å². The SMILES string of the molecule is CC(C)(C)c1cc(-c2cc(-c3ccc(C(=O)N4CCC[C@@H](O)C4)cc3Cl)cs2)ccn1. The summed E-state index contributed by atoms with van der Waals surface area (Å²) in [6.07, 6.45) is 2.99. The number of pyridine rings is 1. The molecule has 6 heteroatoms. The molecule has 1 fully saturated rings. The van der Waals surface area contributed by atoms with Crippen LogP contribution in [-0.2, 0) is 5.41 Å². The van der Waals surface area contributed by atoms with Crippen molar-refractivity contribution in [2.75, 3.05) is 13.1 Å². The van der Waals surface area contributed by atoms with Crippen LogP contribution in [0.25, 0.3) is 21.6 Å². The van der Waals surface area contributed by atoms with Crippen molar-refractivity contribution in [2.24, 2.45) is 0 Å². The largest absolute Gasteiger partial charge is 0.391 e. The van der Waals surface area contributed by atoms with Crippen molar-refractivity contribution < 1.29 is 9.90 Å². The number of carbonyl (C=O) groups excluding carboxylic acids is 1. The van der Waals surface area contributed by atoms with Crippen LogP contribution in [-0.4, -0.2) is 40.1 Å². The van der Waals surface area contributed by atoms with E-state index in [1.807, 2.05) is 24.4 Å². The number of aliphatic hydroxyl groups is 1. The van der Waals surface area contributed by atoms with Gasteiger partial charge in [0.1, 0.15) is 0 Å². The van der Waals surface area contributed by atoms with E-state index in [2.05, 4.69) is 43.3 Å². The number of amides is 1. The summed E-state index contributed by atoms with van der Waals surface area (Å²) in [4.78, 5) is 20.2. The molecule has 162 valence electrons. The van der Waals surface area contributed by atoms with Gasteiger partial charge in [-0.2, -0.15) is 0 Å². The van der Waals surface area contributed by atoms with Crippen LogP contribution in [0.5, 0.6) is 0 Å². The van der Waals surface area contributed by atoms with Gasteiger partial charge in [-0.3, -0.25) is 9.78 Å². The van der Waals surface area contributed by atoms with Crippen molar-refractivity contribution in [1.29, 1.82) is 0 Å². The first-order valence-corrected chi connectivity index (χ1v) is 11.8. The van der Waals surface area contributed by atoms with Gasteiger partial charge in [0.25, 0.3) is 5.91 Å². The molecule has 0 saturated carbocycles. The van der Waals surface area contributed by atoms with Crippen molar-refractivity contribution in [3.63, 3.8) is 0 Å². The first kappa shape index (κ1) is 22.0. The minimum absolute atomic E-state index is 0.00776. The fraction of sp³-hybridized carbons (Fsp3) is 0.360. The van der Waals surface area contributed by atoms with E-state index in [1.165, 1.54) is 0 Å². The van der Waals surface area contributed by atoms with Crippen molar-refractivity contribution in [2.45, 2.75) is 45.1 Å². The van der Waals surface area contributed by atoms with Gasteiger partial charge in [-0.15, -0.1) is 11.3 Å². The average Bonchev–Trinajstić information content (AvgIpc) is 3.22. The average molecular weight is 455 g/mol. The summed E-state index contributed by atoms with van der Waals surface area (Å²) in [7, 11) is 0. The Hall–Kier alpha value is -2.21. The molecule has 4 nitrogen and oxygen atoms in total. The molecule has 1 saturated heterocycles. The van der Waals surface area contributed by atoms with E-state index in [9.17, 15) is 9.90 Å². The maximum absolute atomic E-state index is 12.8. The topological polar surface area (TPSA) is 53.4 Å². The number of likely N-dealkylation sites (tertiary alicyclic amines) is 1. The van der Waals surface area contributed by atoms with E-state index in [4.69, 9.17) is 11.6 Å². The molecule has 3 heterocycles. The van der Waals surface area contributed by atoms with Crippen LogP contribution < -0.4 is 0 Å². The smallest absolute Gasteiger partial charge is 0.253 e. The number of nitrogens with zero attached hydrogens (tertiary/aromatic N) is 2. The number of thiophene rings is 1. The molecule has 0 bridgehead atoms. The first-order valence-electron chi connectivity index (χ1n) is 10.5. The maximum atomic E-state index is 12.8. The molecule has 1 N–H and O–H groups in total. The lowest BCUT2D eigenvalue weighted by molar-refractivity contribution is 0.0474. The minimum atomic E-state index is -0.441. The van der Waals surface area contributed by atoms with Gasteiger partial charge in [0.15, 0.2) is 0 Å². The van der Waals surface area contributed by atoms with E-state index < -0.39 is 6.10 Å². The fourth-order valence-electron chi connectivity index (χ4n) is 3.83. The summed E-state index contributed by atoms with van der Waals surface area (Å²) >= 11 is 8.26. The second-order valence-corrected chi connectivity index (χ2v) is 10.4. The third-order valence-corrected chi connectivity index (χ3v) is 6.92. The Balaban J connectivity index is 1.57. The second kappa shape index (κ2) is 8.73. The van der Waals surface area contributed by atoms with Crippen LogP contribution in [0.1, 0.15) is 49.7 Å².